The molecule has 4 heteroatoms. The smallest absolute Gasteiger partial charge is 0.246 e. The monoisotopic (exact) mass is 185 g/mol. The van der Waals surface area contributed by atoms with Crippen LogP contribution >= 0.6 is 0 Å². The van der Waals surface area contributed by atoms with Gasteiger partial charge < -0.3 is 14.8 Å². The molecular weight excluding hydrogens is 170 g/mol. The van der Waals surface area contributed by atoms with E-state index in [4.69, 9.17) is 9.47 Å². The highest BCUT2D eigenvalue weighted by Crippen LogP contribution is 1.76. The van der Waals surface area contributed by atoms with Gasteiger partial charge in [-0.2, -0.15) is 0 Å². The Balaban J connectivity index is 3.23. The first kappa shape index (κ1) is 11.9. The van der Waals surface area contributed by atoms with Crippen molar-refractivity contribution in [3.63, 3.8) is 0 Å². The topological polar surface area (TPSA) is 47.6 Å². The van der Waals surface area contributed by atoms with E-state index in [0.29, 0.717) is 19.8 Å². The summed E-state index contributed by atoms with van der Waals surface area (Å²) in [6.07, 6.45) is 0. The van der Waals surface area contributed by atoms with Crippen LogP contribution in [0.5, 0.6) is 0 Å². The SMILES string of the molecule is CC#CCNC(=O)COCCOC. The van der Waals surface area contributed by atoms with Gasteiger partial charge >= 0.3 is 0 Å². The van der Waals surface area contributed by atoms with E-state index in [1.807, 2.05) is 0 Å². The molecule has 0 aromatic carbocycles. The van der Waals surface area contributed by atoms with Crippen molar-refractivity contribution in [3.8, 4) is 11.8 Å². The molecule has 1 N–H and O–H groups in total. The fraction of sp³-hybridized carbons (Fsp3) is 0.667. The molecule has 0 unspecified atom stereocenters. The minimum Gasteiger partial charge on any atom is -0.382 e. The number of hydrogen-bond acceptors (Lipinski definition) is 3. The third-order valence-corrected chi connectivity index (χ3v) is 1.22. The molecule has 0 aliphatic carbocycles. The normalized spacial score (nSPS) is 8.77. The van der Waals surface area contributed by atoms with Gasteiger partial charge in [0.1, 0.15) is 6.61 Å². The first-order valence-electron chi connectivity index (χ1n) is 4.04. The zero-order chi connectivity index (χ0) is 9.94. The molecule has 0 aromatic rings. The van der Waals surface area contributed by atoms with Crippen molar-refractivity contribution < 1.29 is 14.3 Å². The predicted molar refractivity (Wildman–Crippen MR) is 49.2 cm³/mol. The fourth-order valence-corrected chi connectivity index (χ4v) is 0.589. The molecule has 0 aliphatic rings. The van der Waals surface area contributed by atoms with Crippen molar-refractivity contribution in [1.29, 1.82) is 0 Å². The van der Waals surface area contributed by atoms with Gasteiger partial charge in [0, 0.05) is 7.11 Å². The Morgan fingerprint density at radius 2 is 2.23 bits per heavy atom. The van der Waals surface area contributed by atoms with Crippen LogP contribution in [0, 0.1) is 11.8 Å². The zero-order valence-electron chi connectivity index (χ0n) is 8.05. The van der Waals surface area contributed by atoms with Gasteiger partial charge in [-0.25, -0.2) is 0 Å². The van der Waals surface area contributed by atoms with Crippen LogP contribution in [0.15, 0.2) is 0 Å². The zero-order valence-corrected chi connectivity index (χ0v) is 8.05. The van der Waals surface area contributed by atoms with Crippen molar-refractivity contribution in [3.05, 3.63) is 0 Å². The molecule has 1 amide bonds. The third kappa shape index (κ3) is 8.86. The summed E-state index contributed by atoms with van der Waals surface area (Å²) in [6, 6.07) is 0. The van der Waals surface area contributed by atoms with Crippen LogP contribution in [0.25, 0.3) is 0 Å². The number of carbonyl (C=O) groups is 1. The number of rotatable bonds is 6. The Labute approximate surface area is 78.6 Å². The van der Waals surface area contributed by atoms with Crippen LogP contribution in [0.3, 0.4) is 0 Å². The second-order valence-corrected chi connectivity index (χ2v) is 2.25. The molecule has 13 heavy (non-hydrogen) atoms. The first-order chi connectivity index (χ1) is 6.31. The lowest BCUT2D eigenvalue weighted by molar-refractivity contribution is -0.125. The molecule has 0 aromatic heterocycles. The summed E-state index contributed by atoms with van der Waals surface area (Å²) in [6.45, 7) is 3.10. The minimum atomic E-state index is -0.154. The van der Waals surface area contributed by atoms with Gasteiger partial charge in [0.05, 0.1) is 19.8 Å². The van der Waals surface area contributed by atoms with Crippen LogP contribution in [-0.4, -0.2) is 39.4 Å². The average molecular weight is 185 g/mol. The van der Waals surface area contributed by atoms with E-state index in [2.05, 4.69) is 17.2 Å². The number of ether oxygens (including phenoxy) is 2. The van der Waals surface area contributed by atoms with Crippen molar-refractivity contribution in [2.24, 2.45) is 0 Å². The molecule has 0 spiro atoms. The van der Waals surface area contributed by atoms with Crippen molar-refractivity contribution in [2.75, 3.05) is 33.5 Å². The third-order valence-electron chi connectivity index (χ3n) is 1.22. The highest BCUT2D eigenvalue weighted by atomic mass is 16.5. The average Bonchev–Trinajstić information content (AvgIpc) is 2.13. The molecule has 0 rings (SSSR count). The molecule has 0 heterocycles. The second-order valence-electron chi connectivity index (χ2n) is 2.25. The highest BCUT2D eigenvalue weighted by Gasteiger charge is 1.97. The van der Waals surface area contributed by atoms with Crippen molar-refractivity contribution in [1.82, 2.24) is 5.32 Å². The molecular formula is C9H15NO3. The second kappa shape index (κ2) is 9.04. The maximum atomic E-state index is 10.9. The maximum absolute atomic E-state index is 10.9. The van der Waals surface area contributed by atoms with Gasteiger partial charge in [0.15, 0.2) is 0 Å². The lowest BCUT2D eigenvalue weighted by Crippen LogP contribution is -2.28. The van der Waals surface area contributed by atoms with E-state index in [0.717, 1.165) is 0 Å². The van der Waals surface area contributed by atoms with Gasteiger partial charge in [0.2, 0.25) is 5.91 Å². The van der Waals surface area contributed by atoms with Crippen LogP contribution in [-0.2, 0) is 14.3 Å². The van der Waals surface area contributed by atoms with Crippen molar-refractivity contribution >= 4 is 5.91 Å². The molecule has 0 saturated carbocycles. The summed E-state index contributed by atoms with van der Waals surface area (Å²) in [5.41, 5.74) is 0. The van der Waals surface area contributed by atoms with Gasteiger partial charge in [0.25, 0.3) is 0 Å². The van der Waals surface area contributed by atoms with E-state index in [1.54, 1.807) is 14.0 Å². The predicted octanol–water partition coefficient (Wildman–Crippen LogP) is -0.211. The summed E-state index contributed by atoms with van der Waals surface area (Å²) < 4.78 is 9.72. The lowest BCUT2D eigenvalue weighted by Gasteiger charge is -2.02. The van der Waals surface area contributed by atoms with Crippen LogP contribution < -0.4 is 5.32 Å². The number of methoxy groups -OCH3 is 1. The van der Waals surface area contributed by atoms with Gasteiger partial charge in [-0.15, -0.1) is 5.92 Å². The molecule has 74 valence electrons. The summed E-state index contributed by atoms with van der Waals surface area (Å²) in [5.74, 6) is 5.24. The largest absolute Gasteiger partial charge is 0.382 e. The quantitative estimate of drug-likeness (QED) is 0.460. The Hall–Kier alpha value is -1.05. The highest BCUT2D eigenvalue weighted by molar-refractivity contribution is 5.77. The van der Waals surface area contributed by atoms with Crippen LogP contribution in [0.4, 0.5) is 0 Å². The minimum absolute atomic E-state index is 0.0642. The summed E-state index contributed by atoms with van der Waals surface area (Å²) in [4.78, 5) is 10.9. The number of carbonyl (C=O) groups excluding carboxylic acids is 1. The maximum Gasteiger partial charge on any atom is 0.246 e. The van der Waals surface area contributed by atoms with E-state index < -0.39 is 0 Å². The molecule has 0 bridgehead atoms. The van der Waals surface area contributed by atoms with Crippen molar-refractivity contribution in [2.45, 2.75) is 6.92 Å². The van der Waals surface area contributed by atoms with E-state index >= 15 is 0 Å². The summed E-state index contributed by atoms with van der Waals surface area (Å²) >= 11 is 0. The Bertz CT molecular complexity index is 193. The molecule has 0 atom stereocenters. The van der Waals surface area contributed by atoms with Crippen LogP contribution in [0.2, 0.25) is 0 Å². The first-order valence-corrected chi connectivity index (χ1v) is 4.04. The number of hydrogen-bond donors (Lipinski definition) is 1. The Kier molecular flexibility index (Phi) is 8.31. The van der Waals surface area contributed by atoms with Crippen LogP contribution in [0.1, 0.15) is 6.92 Å². The lowest BCUT2D eigenvalue weighted by atomic mass is 10.5. The molecule has 0 fully saturated rings. The number of amides is 1. The molecule has 0 aliphatic heterocycles. The summed E-state index contributed by atoms with van der Waals surface area (Å²) in [5, 5.41) is 2.58. The van der Waals surface area contributed by atoms with E-state index in [-0.39, 0.29) is 12.5 Å². The van der Waals surface area contributed by atoms with E-state index in [9.17, 15) is 4.79 Å². The Morgan fingerprint density at radius 1 is 1.46 bits per heavy atom. The molecule has 4 nitrogen and oxygen atoms in total. The molecule has 0 radical (unpaired) electrons. The van der Waals surface area contributed by atoms with Gasteiger partial charge in [-0.3, -0.25) is 4.79 Å². The standard InChI is InChI=1S/C9H15NO3/c1-3-4-5-10-9(11)8-13-7-6-12-2/h5-8H2,1-2H3,(H,10,11). The Morgan fingerprint density at radius 3 is 2.85 bits per heavy atom. The fourth-order valence-electron chi connectivity index (χ4n) is 0.589. The van der Waals surface area contributed by atoms with E-state index in [1.165, 1.54) is 0 Å². The number of nitrogens with one attached hydrogen (secondary N) is 1. The van der Waals surface area contributed by atoms with Gasteiger partial charge in [-0.05, 0) is 6.92 Å². The molecule has 0 saturated heterocycles. The summed E-state index contributed by atoms with van der Waals surface area (Å²) in [7, 11) is 1.58. The van der Waals surface area contributed by atoms with Gasteiger partial charge in [-0.1, -0.05) is 5.92 Å².